The number of hydrogen-bond donors (Lipinski definition) is 2. The first kappa shape index (κ1) is 31.9. The van der Waals surface area contributed by atoms with E-state index in [0.29, 0.717) is 12.1 Å². The molecule has 0 saturated heterocycles. The van der Waals surface area contributed by atoms with E-state index >= 15 is 0 Å². The summed E-state index contributed by atoms with van der Waals surface area (Å²) in [5.74, 6) is -0.614. The number of halogens is 3. The summed E-state index contributed by atoms with van der Waals surface area (Å²) in [5, 5.41) is 10.5. The number of aromatic nitrogens is 1. The molecule has 1 aromatic heterocycles. The molecule has 0 radical (unpaired) electrons. The van der Waals surface area contributed by atoms with E-state index in [1.807, 2.05) is 5.38 Å². The highest BCUT2D eigenvalue weighted by Gasteiger charge is 2.05. The summed E-state index contributed by atoms with van der Waals surface area (Å²) in [7, 11) is 0. The third-order valence-electron chi connectivity index (χ3n) is 3.43. The van der Waals surface area contributed by atoms with E-state index in [-0.39, 0.29) is 40.9 Å². The highest BCUT2D eigenvalue weighted by atomic mass is 79.9. The molecule has 0 aliphatic rings. The Hall–Kier alpha value is -3.09. The van der Waals surface area contributed by atoms with E-state index in [9.17, 15) is 13.6 Å². The molecule has 0 bridgehead atoms. The van der Waals surface area contributed by atoms with Crippen molar-refractivity contribution in [1.29, 1.82) is 0 Å². The zero-order valence-electron chi connectivity index (χ0n) is 18.7. The van der Waals surface area contributed by atoms with Crippen molar-refractivity contribution in [1.82, 2.24) is 4.98 Å². The van der Waals surface area contributed by atoms with Crippen molar-refractivity contribution in [3.05, 3.63) is 99.0 Å². The number of benzene rings is 2. The van der Waals surface area contributed by atoms with Gasteiger partial charge in [-0.3, -0.25) is 4.79 Å². The first-order valence-corrected chi connectivity index (χ1v) is 12.2. The number of Topliss-reactive ketones (excluding diaryl/α,β-unsaturated/α-hetero) is 1. The quantitative estimate of drug-likeness (QED) is 0.168. The van der Waals surface area contributed by atoms with Gasteiger partial charge in [0.25, 0.3) is 13.1 Å². The Balaban J connectivity index is 0.000000508. The Morgan fingerprint density at radius 1 is 1.11 bits per heavy atom. The van der Waals surface area contributed by atoms with E-state index < -0.39 is 0 Å². The van der Waals surface area contributed by atoms with Crippen molar-refractivity contribution < 1.29 is 18.7 Å². The minimum atomic E-state index is -0.323. The topological polar surface area (TPSA) is 84.9 Å². The lowest BCUT2D eigenvalue weighted by molar-refractivity contribution is 0.102. The fourth-order valence-electron chi connectivity index (χ4n) is 2.00. The molecule has 2 aromatic carbocycles. The number of thiazole rings is 1. The van der Waals surface area contributed by atoms with Crippen molar-refractivity contribution in [2.24, 2.45) is 5.73 Å². The SMILES string of the molecule is CCO.O=C(CBr)c1ccc(F)cc1.[C-]#[N+]CC(N)=S.[C-]#[N+]Cc1nc(-c2ccc(F)cc2)cs1. The summed E-state index contributed by atoms with van der Waals surface area (Å²) in [5.41, 5.74) is 7.13. The summed E-state index contributed by atoms with van der Waals surface area (Å²) >= 11 is 8.84. The van der Waals surface area contributed by atoms with Crippen LogP contribution in [-0.2, 0) is 6.54 Å². The van der Waals surface area contributed by atoms with E-state index in [1.165, 1.54) is 47.7 Å². The normalized spacial score (nSPS) is 8.89. The Bertz CT molecular complexity index is 1130. The molecule has 0 aliphatic carbocycles. The lowest BCUT2D eigenvalue weighted by Crippen LogP contribution is -2.09. The molecule has 3 N–H and O–H groups in total. The van der Waals surface area contributed by atoms with E-state index in [0.717, 1.165) is 16.3 Å². The molecular weight excluding hydrogens is 558 g/mol. The molecule has 11 heteroatoms. The number of thiocarbonyl (C=S) groups is 1. The molecule has 0 unspecified atom stereocenters. The van der Waals surface area contributed by atoms with Crippen molar-refractivity contribution in [3.63, 3.8) is 0 Å². The summed E-state index contributed by atoms with van der Waals surface area (Å²) in [4.78, 5) is 21.7. The molecule has 0 fully saturated rings. The number of nitrogens with two attached hydrogens (primary N) is 1. The van der Waals surface area contributed by atoms with Gasteiger partial charge < -0.3 is 20.5 Å². The second-order valence-corrected chi connectivity index (χ2v) is 8.14. The van der Waals surface area contributed by atoms with Crippen LogP contribution in [-0.4, -0.2) is 39.3 Å². The molecule has 1 heterocycles. The zero-order valence-corrected chi connectivity index (χ0v) is 22.0. The van der Waals surface area contributed by atoms with Crippen molar-refractivity contribution >= 4 is 50.3 Å². The summed E-state index contributed by atoms with van der Waals surface area (Å²) in [6.45, 7) is 15.3. The molecule has 35 heavy (non-hydrogen) atoms. The third kappa shape index (κ3) is 14.7. The number of aliphatic hydroxyl groups is 1. The van der Waals surface area contributed by atoms with Gasteiger partial charge in [0.05, 0.1) is 11.0 Å². The Kier molecular flexibility index (Phi) is 17.5. The molecule has 0 atom stereocenters. The maximum Gasteiger partial charge on any atom is 0.265 e. The van der Waals surface area contributed by atoms with Crippen LogP contribution >= 0.6 is 39.5 Å². The largest absolute Gasteiger partial charge is 0.397 e. The van der Waals surface area contributed by atoms with Crippen LogP contribution in [0.1, 0.15) is 22.3 Å². The van der Waals surface area contributed by atoms with Crippen LogP contribution in [0.2, 0.25) is 0 Å². The molecule has 184 valence electrons. The number of rotatable bonds is 5. The van der Waals surface area contributed by atoms with Crippen LogP contribution in [0.25, 0.3) is 20.9 Å². The van der Waals surface area contributed by atoms with Crippen LogP contribution in [0, 0.1) is 24.8 Å². The molecular formula is C24H23BrF2N4O2S2. The smallest absolute Gasteiger partial charge is 0.265 e. The highest BCUT2D eigenvalue weighted by molar-refractivity contribution is 9.09. The van der Waals surface area contributed by atoms with Crippen LogP contribution < -0.4 is 5.73 Å². The predicted octanol–water partition coefficient (Wildman–Crippen LogP) is 5.96. The maximum atomic E-state index is 12.7. The van der Waals surface area contributed by atoms with Gasteiger partial charge in [0.2, 0.25) is 0 Å². The van der Waals surface area contributed by atoms with E-state index in [2.05, 4.69) is 42.8 Å². The summed E-state index contributed by atoms with van der Waals surface area (Å²) in [6.07, 6.45) is 0. The first-order valence-electron chi connectivity index (χ1n) is 9.82. The van der Waals surface area contributed by atoms with Crippen molar-refractivity contribution in [2.45, 2.75) is 13.5 Å². The van der Waals surface area contributed by atoms with Crippen molar-refractivity contribution in [2.75, 3.05) is 18.5 Å². The average Bonchev–Trinajstić information content (AvgIpc) is 3.30. The van der Waals surface area contributed by atoms with Gasteiger partial charge in [-0.15, -0.1) is 11.3 Å². The lowest BCUT2D eigenvalue weighted by Gasteiger charge is -1.94. The number of hydrogen-bond acceptors (Lipinski definition) is 5. The van der Waals surface area contributed by atoms with Crippen LogP contribution in [0.15, 0.2) is 53.9 Å². The molecule has 0 amide bonds. The molecule has 3 rings (SSSR count). The summed E-state index contributed by atoms with van der Waals surface area (Å²) < 4.78 is 25.0. The molecule has 3 aromatic rings. The van der Waals surface area contributed by atoms with Gasteiger partial charge in [-0.25, -0.2) is 26.9 Å². The number of aliphatic hydroxyl groups excluding tert-OH is 1. The minimum absolute atomic E-state index is 0.0370. The fraction of sp³-hybridized carbons (Fsp3) is 0.208. The van der Waals surface area contributed by atoms with E-state index in [1.54, 1.807) is 19.1 Å². The zero-order chi connectivity index (χ0) is 26.6. The predicted molar refractivity (Wildman–Crippen MR) is 143 cm³/mol. The lowest BCUT2D eigenvalue weighted by atomic mass is 10.1. The number of carbonyl (C=O) groups excluding carboxylic acids is 1. The number of alkyl halides is 1. The van der Waals surface area contributed by atoms with Gasteiger partial charge in [-0.2, -0.15) is 0 Å². The summed E-state index contributed by atoms with van der Waals surface area (Å²) in [6, 6.07) is 11.7. The van der Waals surface area contributed by atoms with Crippen LogP contribution in [0.3, 0.4) is 0 Å². The average molecular weight is 582 g/mol. The minimum Gasteiger partial charge on any atom is -0.397 e. The van der Waals surface area contributed by atoms with Crippen LogP contribution in [0.4, 0.5) is 8.78 Å². The van der Waals surface area contributed by atoms with Crippen molar-refractivity contribution in [3.8, 4) is 11.3 Å². The van der Waals surface area contributed by atoms with E-state index in [4.69, 9.17) is 24.0 Å². The fourth-order valence-corrected chi connectivity index (χ4v) is 3.11. The monoisotopic (exact) mass is 580 g/mol. The Morgan fingerprint density at radius 2 is 1.63 bits per heavy atom. The van der Waals surface area contributed by atoms with Gasteiger partial charge in [0, 0.05) is 23.1 Å². The molecule has 0 spiro atoms. The van der Waals surface area contributed by atoms with Gasteiger partial charge in [0.15, 0.2) is 15.8 Å². The number of ketones is 1. The van der Waals surface area contributed by atoms with Gasteiger partial charge in [-0.1, -0.05) is 28.1 Å². The van der Waals surface area contributed by atoms with Gasteiger partial charge in [-0.05, 0) is 55.5 Å². The number of carbonyl (C=O) groups is 1. The second kappa shape index (κ2) is 19.2. The molecule has 6 nitrogen and oxygen atoms in total. The molecule has 0 saturated carbocycles. The highest BCUT2D eigenvalue weighted by Crippen LogP contribution is 2.22. The maximum absolute atomic E-state index is 12.7. The number of nitrogens with zero attached hydrogens (tertiary/aromatic N) is 3. The second-order valence-electron chi connectivity index (χ2n) is 6.11. The van der Waals surface area contributed by atoms with Crippen LogP contribution in [0.5, 0.6) is 0 Å². The Labute approximate surface area is 221 Å². The first-order chi connectivity index (χ1) is 16.7. The Morgan fingerprint density at radius 3 is 2.03 bits per heavy atom. The van der Waals surface area contributed by atoms with Gasteiger partial charge in [0.1, 0.15) is 11.6 Å². The third-order valence-corrected chi connectivity index (χ3v) is 4.90. The van der Waals surface area contributed by atoms with Gasteiger partial charge >= 0.3 is 0 Å². The molecule has 0 aliphatic heterocycles. The standard InChI is InChI=1S/C11H7FN2S.C8H6BrFO.C3H4N2S.C2H6O/c1-13-6-11-14-10(7-15-11)8-2-4-9(12)5-3-8;9-5-8(11)6-1-3-7(10)4-2-6;1-5-2-3(4)6;1-2-3/h2-5,7H,6H2;1-4H,5H2;2H2,(H2,4,6);3H,2H2,1H3.